The van der Waals surface area contributed by atoms with Crippen LogP contribution < -0.4 is 10.6 Å². The van der Waals surface area contributed by atoms with Gasteiger partial charge in [-0.15, -0.1) is 0 Å². The van der Waals surface area contributed by atoms with E-state index in [1.165, 1.54) is 22.0 Å². The van der Waals surface area contributed by atoms with Gasteiger partial charge >= 0.3 is 0 Å². The highest BCUT2D eigenvalue weighted by atomic mass is 32.2. The first-order valence-electron chi connectivity index (χ1n) is 10.5. The summed E-state index contributed by atoms with van der Waals surface area (Å²) in [6, 6.07) is 6.48. The van der Waals surface area contributed by atoms with Crippen molar-refractivity contribution in [3.63, 3.8) is 0 Å². The van der Waals surface area contributed by atoms with Crippen molar-refractivity contribution >= 4 is 28.6 Å². The number of benzene rings is 1. The predicted octanol–water partition coefficient (Wildman–Crippen LogP) is 3.88. The fraction of sp³-hybridized carbons (Fsp3) is 0.591. The van der Waals surface area contributed by atoms with E-state index in [4.69, 9.17) is 9.73 Å². The number of hydrogen-bond acceptors (Lipinski definition) is 3. The van der Waals surface area contributed by atoms with E-state index in [-0.39, 0.29) is 4.75 Å². The lowest BCUT2D eigenvalue weighted by molar-refractivity contribution is 0.0793. The number of thioether (sulfide) groups is 1. The average molecular weight is 403 g/mol. The van der Waals surface area contributed by atoms with E-state index in [0.717, 1.165) is 63.8 Å². The molecule has 6 heteroatoms. The third kappa shape index (κ3) is 5.23. The highest BCUT2D eigenvalue weighted by Crippen LogP contribution is 2.35. The number of nitrogens with one attached hydrogen (secondary N) is 3. The number of rotatable bonds is 8. The van der Waals surface area contributed by atoms with E-state index in [0.29, 0.717) is 0 Å². The minimum atomic E-state index is 0.226. The molecule has 2 aromatic rings. The first kappa shape index (κ1) is 21.1. The van der Waals surface area contributed by atoms with Crippen molar-refractivity contribution in [2.24, 2.45) is 4.99 Å². The Hall–Kier alpha value is -1.66. The number of ether oxygens (including phenoxy) is 1. The second-order valence-electron chi connectivity index (χ2n) is 7.41. The first-order chi connectivity index (χ1) is 13.7. The largest absolute Gasteiger partial charge is 0.381 e. The molecule has 3 rings (SSSR count). The Labute approximate surface area is 173 Å². The fourth-order valence-corrected chi connectivity index (χ4v) is 5.07. The molecule has 2 heterocycles. The summed E-state index contributed by atoms with van der Waals surface area (Å²) in [5.74, 6) is 2.04. The number of hydrogen-bond donors (Lipinski definition) is 3. The van der Waals surface area contributed by atoms with Gasteiger partial charge in [0.1, 0.15) is 0 Å². The third-order valence-corrected chi connectivity index (χ3v) is 6.86. The Morgan fingerprint density at radius 3 is 2.82 bits per heavy atom. The van der Waals surface area contributed by atoms with Crippen LogP contribution in [0.5, 0.6) is 0 Å². The zero-order valence-electron chi connectivity index (χ0n) is 17.4. The first-order valence-corrected chi connectivity index (χ1v) is 11.5. The lowest BCUT2D eigenvalue weighted by Crippen LogP contribution is -2.41. The number of guanidine groups is 1. The molecule has 0 amide bonds. The highest BCUT2D eigenvalue weighted by molar-refractivity contribution is 8.00. The van der Waals surface area contributed by atoms with Crippen molar-refractivity contribution < 1.29 is 4.74 Å². The van der Waals surface area contributed by atoms with Crippen molar-refractivity contribution in [1.29, 1.82) is 0 Å². The Morgan fingerprint density at radius 1 is 1.25 bits per heavy atom. The Balaban J connectivity index is 1.60. The van der Waals surface area contributed by atoms with Crippen LogP contribution in [0.3, 0.4) is 0 Å². The minimum Gasteiger partial charge on any atom is -0.381 e. The Kier molecular flexibility index (Phi) is 7.68. The molecule has 0 spiro atoms. The van der Waals surface area contributed by atoms with Crippen LogP contribution in [0.4, 0.5) is 0 Å². The minimum absolute atomic E-state index is 0.226. The van der Waals surface area contributed by atoms with Gasteiger partial charge in [-0.2, -0.15) is 11.8 Å². The van der Waals surface area contributed by atoms with Gasteiger partial charge in [-0.25, -0.2) is 0 Å². The van der Waals surface area contributed by atoms with Gasteiger partial charge < -0.3 is 20.4 Å². The zero-order chi connectivity index (χ0) is 19.8. The van der Waals surface area contributed by atoms with Crippen LogP contribution in [-0.2, 0) is 11.2 Å². The second kappa shape index (κ2) is 10.2. The number of H-pyrrole nitrogens is 1. The van der Waals surface area contributed by atoms with Gasteiger partial charge in [0, 0.05) is 48.2 Å². The fourth-order valence-electron chi connectivity index (χ4n) is 3.85. The summed E-state index contributed by atoms with van der Waals surface area (Å²) in [4.78, 5) is 8.35. The SMILES string of the molecule is CCNC(=NCC1(SCC)CCOCC1)NCCc1c[nH]c2c(C)cccc12. The van der Waals surface area contributed by atoms with Crippen LogP contribution in [0.1, 0.15) is 37.8 Å². The molecule has 0 bridgehead atoms. The average Bonchev–Trinajstić information content (AvgIpc) is 3.12. The van der Waals surface area contributed by atoms with Gasteiger partial charge in [0.25, 0.3) is 0 Å². The molecule has 1 aliphatic rings. The zero-order valence-corrected chi connectivity index (χ0v) is 18.3. The molecule has 1 aromatic heterocycles. The maximum Gasteiger partial charge on any atom is 0.191 e. The number of fused-ring (bicyclic) bond motifs is 1. The standard InChI is InChI=1S/C22H34N4OS/c1-4-23-21(26-16-22(28-5-2)10-13-27-14-11-22)24-12-9-18-15-25-20-17(3)7-6-8-19(18)20/h6-8,15,25H,4-5,9-14,16H2,1-3H3,(H2,23,24,26). The summed E-state index contributed by atoms with van der Waals surface area (Å²) in [6.45, 7) is 10.8. The van der Waals surface area contributed by atoms with E-state index in [2.05, 4.69) is 60.8 Å². The normalized spacial score (nSPS) is 17.0. The van der Waals surface area contributed by atoms with Gasteiger partial charge in [0.05, 0.1) is 6.54 Å². The summed E-state index contributed by atoms with van der Waals surface area (Å²) in [5, 5.41) is 8.24. The molecule has 1 saturated heterocycles. The van der Waals surface area contributed by atoms with Crippen LogP contribution in [0, 0.1) is 6.92 Å². The van der Waals surface area contributed by atoms with Gasteiger partial charge in [-0.05, 0) is 50.0 Å². The van der Waals surface area contributed by atoms with E-state index in [1.807, 2.05) is 11.8 Å². The van der Waals surface area contributed by atoms with Crippen molar-refractivity contribution in [2.45, 2.75) is 44.8 Å². The summed E-state index contributed by atoms with van der Waals surface area (Å²) in [5.41, 5.74) is 3.89. The van der Waals surface area contributed by atoms with Crippen molar-refractivity contribution in [3.05, 3.63) is 35.5 Å². The molecule has 0 saturated carbocycles. The summed E-state index contributed by atoms with van der Waals surface area (Å²) < 4.78 is 5.81. The van der Waals surface area contributed by atoms with Crippen LogP contribution in [0.15, 0.2) is 29.4 Å². The maximum atomic E-state index is 5.58. The molecule has 154 valence electrons. The molecule has 3 N–H and O–H groups in total. The highest BCUT2D eigenvalue weighted by Gasteiger charge is 2.32. The lowest BCUT2D eigenvalue weighted by atomic mass is 9.99. The molecule has 28 heavy (non-hydrogen) atoms. The third-order valence-electron chi connectivity index (χ3n) is 5.42. The second-order valence-corrected chi connectivity index (χ2v) is 9.14. The summed E-state index contributed by atoms with van der Waals surface area (Å²) >= 11 is 2.04. The molecule has 0 unspecified atom stereocenters. The number of aryl methyl sites for hydroxylation is 1. The molecular formula is C22H34N4OS. The predicted molar refractivity (Wildman–Crippen MR) is 122 cm³/mol. The molecule has 1 aliphatic heterocycles. The maximum absolute atomic E-state index is 5.58. The van der Waals surface area contributed by atoms with Crippen LogP contribution in [-0.4, -0.2) is 54.3 Å². The molecule has 1 aromatic carbocycles. The summed E-state index contributed by atoms with van der Waals surface area (Å²) in [7, 11) is 0. The Morgan fingerprint density at radius 2 is 2.07 bits per heavy atom. The topological polar surface area (TPSA) is 61.4 Å². The van der Waals surface area contributed by atoms with Crippen molar-refractivity contribution in [2.75, 3.05) is 38.6 Å². The van der Waals surface area contributed by atoms with E-state index < -0.39 is 0 Å². The molecule has 0 radical (unpaired) electrons. The van der Waals surface area contributed by atoms with Gasteiger partial charge in [-0.1, -0.05) is 25.1 Å². The molecule has 0 aliphatic carbocycles. The smallest absolute Gasteiger partial charge is 0.191 e. The quantitative estimate of drug-likeness (QED) is 0.463. The van der Waals surface area contributed by atoms with E-state index in [9.17, 15) is 0 Å². The van der Waals surface area contributed by atoms with Crippen molar-refractivity contribution in [3.8, 4) is 0 Å². The molecule has 5 nitrogen and oxygen atoms in total. The Bertz CT molecular complexity index is 774. The summed E-state index contributed by atoms with van der Waals surface area (Å²) in [6.07, 6.45) is 5.28. The van der Waals surface area contributed by atoms with Crippen LogP contribution >= 0.6 is 11.8 Å². The van der Waals surface area contributed by atoms with E-state index in [1.54, 1.807) is 0 Å². The molecule has 1 fully saturated rings. The number of aliphatic imine (C=N–C) groups is 1. The van der Waals surface area contributed by atoms with Gasteiger partial charge in [0.15, 0.2) is 5.96 Å². The van der Waals surface area contributed by atoms with Crippen LogP contribution in [0.25, 0.3) is 10.9 Å². The lowest BCUT2D eigenvalue weighted by Gasteiger charge is -2.35. The number of nitrogens with zero attached hydrogens (tertiary/aromatic N) is 1. The molecule has 0 atom stereocenters. The number of aromatic amines is 1. The number of para-hydroxylation sites is 1. The molecular weight excluding hydrogens is 368 g/mol. The van der Waals surface area contributed by atoms with E-state index >= 15 is 0 Å². The van der Waals surface area contributed by atoms with Gasteiger partial charge in [-0.3, -0.25) is 4.99 Å². The van der Waals surface area contributed by atoms with Crippen LogP contribution in [0.2, 0.25) is 0 Å². The van der Waals surface area contributed by atoms with Crippen molar-refractivity contribution in [1.82, 2.24) is 15.6 Å². The van der Waals surface area contributed by atoms with Gasteiger partial charge in [0.2, 0.25) is 0 Å². The monoisotopic (exact) mass is 402 g/mol. The number of aromatic nitrogens is 1.